The SMILES string of the molecule is CCC(N)C(CC(=O)O)c1ccc(C)cc1C. The molecule has 0 heterocycles. The molecule has 0 spiro atoms. The van der Waals surface area contributed by atoms with Gasteiger partial charge in [0.25, 0.3) is 0 Å². The molecule has 0 aliphatic carbocycles. The van der Waals surface area contributed by atoms with Crippen LogP contribution in [0.1, 0.15) is 42.4 Å². The molecule has 0 aliphatic heterocycles. The third-order valence-electron chi connectivity index (χ3n) is 3.21. The zero-order valence-electron chi connectivity index (χ0n) is 10.7. The molecule has 0 fully saturated rings. The van der Waals surface area contributed by atoms with Crippen molar-refractivity contribution in [2.75, 3.05) is 0 Å². The Labute approximate surface area is 103 Å². The summed E-state index contributed by atoms with van der Waals surface area (Å²) in [4.78, 5) is 10.9. The molecule has 3 nitrogen and oxygen atoms in total. The lowest BCUT2D eigenvalue weighted by Gasteiger charge is -2.23. The molecule has 0 amide bonds. The molecule has 3 heteroatoms. The molecule has 1 rings (SSSR count). The van der Waals surface area contributed by atoms with Gasteiger partial charge in [-0.05, 0) is 31.4 Å². The maximum Gasteiger partial charge on any atom is 0.304 e. The quantitative estimate of drug-likeness (QED) is 0.824. The van der Waals surface area contributed by atoms with E-state index in [2.05, 4.69) is 6.07 Å². The number of carboxylic acids is 1. The highest BCUT2D eigenvalue weighted by molar-refractivity contribution is 5.68. The lowest BCUT2D eigenvalue weighted by molar-refractivity contribution is -0.137. The van der Waals surface area contributed by atoms with Crippen molar-refractivity contribution >= 4 is 5.97 Å². The number of rotatable bonds is 5. The Hall–Kier alpha value is -1.35. The van der Waals surface area contributed by atoms with Gasteiger partial charge >= 0.3 is 5.97 Å². The van der Waals surface area contributed by atoms with Gasteiger partial charge in [0.1, 0.15) is 0 Å². The van der Waals surface area contributed by atoms with Crippen LogP contribution in [0.4, 0.5) is 0 Å². The topological polar surface area (TPSA) is 63.3 Å². The Bertz CT molecular complexity index is 401. The van der Waals surface area contributed by atoms with Gasteiger partial charge in [0, 0.05) is 12.0 Å². The number of benzene rings is 1. The van der Waals surface area contributed by atoms with Crippen LogP contribution in [0.2, 0.25) is 0 Å². The number of carboxylic acid groups (broad SMARTS) is 1. The average Bonchev–Trinajstić information content (AvgIpc) is 2.25. The Morgan fingerprint density at radius 3 is 2.53 bits per heavy atom. The van der Waals surface area contributed by atoms with Crippen LogP contribution in [0.5, 0.6) is 0 Å². The number of aliphatic carboxylic acids is 1. The van der Waals surface area contributed by atoms with E-state index >= 15 is 0 Å². The lowest BCUT2D eigenvalue weighted by Crippen LogP contribution is -2.29. The van der Waals surface area contributed by atoms with Gasteiger partial charge in [-0.25, -0.2) is 0 Å². The molecule has 0 saturated carbocycles. The van der Waals surface area contributed by atoms with Crippen LogP contribution < -0.4 is 5.73 Å². The molecule has 0 aromatic heterocycles. The number of carbonyl (C=O) groups is 1. The van der Waals surface area contributed by atoms with Gasteiger partial charge in [-0.15, -0.1) is 0 Å². The molecule has 3 N–H and O–H groups in total. The van der Waals surface area contributed by atoms with Crippen molar-refractivity contribution in [3.05, 3.63) is 34.9 Å². The molecule has 0 bridgehead atoms. The van der Waals surface area contributed by atoms with Gasteiger partial charge in [0.15, 0.2) is 0 Å². The standard InChI is InChI=1S/C14H21NO2/c1-4-13(15)12(8-14(16)17)11-6-5-9(2)7-10(11)3/h5-7,12-13H,4,8,15H2,1-3H3,(H,16,17). The predicted octanol–water partition coefficient (Wildman–Crippen LogP) is 2.60. The molecular weight excluding hydrogens is 214 g/mol. The van der Waals surface area contributed by atoms with Gasteiger partial charge in [-0.1, -0.05) is 30.7 Å². The lowest BCUT2D eigenvalue weighted by atomic mass is 9.85. The highest BCUT2D eigenvalue weighted by atomic mass is 16.4. The largest absolute Gasteiger partial charge is 0.481 e. The van der Waals surface area contributed by atoms with Crippen molar-refractivity contribution < 1.29 is 9.90 Å². The van der Waals surface area contributed by atoms with Gasteiger partial charge in [0.2, 0.25) is 0 Å². The zero-order chi connectivity index (χ0) is 13.0. The minimum absolute atomic E-state index is 0.0961. The number of aryl methyl sites for hydroxylation is 2. The summed E-state index contributed by atoms with van der Waals surface area (Å²) in [6, 6.07) is 5.99. The maximum atomic E-state index is 10.9. The van der Waals surface area contributed by atoms with Gasteiger partial charge < -0.3 is 10.8 Å². The number of hydrogen-bond acceptors (Lipinski definition) is 2. The molecule has 0 saturated heterocycles. The zero-order valence-corrected chi connectivity index (χ0v) is 10.7. The second-order valence-electron chi connectivity index (χ2n) is 4.64. The third kappa shape index (κ3) is 3.56. The first-order chi connectivity index (χ1) is 7.95. The third-order valence-corrected chi connectivity index (χ3v) is 3.21. The van der Waals surface area contributed by atoms with Crippen molar-refractivity contribution in [3.63, 3.8) is 0 Å². The monoisotopic (exact) mass is 235 g/mol. The van der Waals surface area contributed by atoms with E-state index < -0.39 is 5.97 Å². The van der Waals surface area contributed by atoms with Crippen LogP contribution in [0.3, 0.4) is 0 Å². The second kappa shape index (κ2) is 5.82. The average molecular weight is 235 g/mol. The van der Waals surface area contributed by atoms with E-state index in [9.17, 15) is 4.79 Å². The summed E-state index contributed by atoms with van der Waals surface area (Å²) in [5.41, 5.74) is 9.41. The predicted molar refractivity (Wildman–Crippen MR) is 69.2 cm³/mol. The summed E-state index contributed by atoms with van der Waals surface area (Å²) in [7, 11) is 0. The van der Waals surface area contributed by atoms with Gasteiger partial charge in [-0.3, -0.25) is 4.79 Å². The van der Waals surface area contributed by atoms with Crippen LogP contribution in [0.15, 0.2) is 18.2 Å². The molecule has 0 radical (unpaired) electrons. The fraction of sp³-hybridized carbons (Fsp3) is 0.500. The van der Waals surface area contributed by atoms with E-state index in [1.54, 1.807) is 0 Å². The molecule has 2 unspecified atom stereocenters. The van der Waals surface area contributed by atoms with Crippen molar-refractivity contribution in [2.24, 2.45) is 5.73 Å². The highest BCUT2D eigenvalue weighted by Crippen LogP contribution is 2.27. The summed E-state index contributed by atoms with van der Waals surface area (Å²) < 4.78 is 0. The van der Waals surface area contributed by atoms with Crippen LogP contribution in [0, 0.1) is 13.8 Å². The fourth-order valence-corrected chi connectivity index (χ4v) is 2.21. The number of nitrogens with two attached hydrogens (primary N) is 1. The fourth-order valence-electron chi connectivity index (χ4n) is 2.21. The molecule has 0 aliphatic rings. The first-order valence-corrected chi connectivity index (χ1v) is 6.00. The minimum Gasteiger partial charge on any atom is -0.481 e. The van der Waals surface area contributed by atoms with Crippen molar-refractivity contribution in [1.29, 1.82) is 0 Å². The van der Waals surface area contributed by atoms with E-state index in [1.807, 2.05) is 32.9 Å². The molecular formula is C14H21NO2. The van der Waals surface area contributed by atoms with Crippen molar-refractivity contribution in [1.82, 2.24) is 0 Å². The second-order valence-corrected chi connectivity index (χ2v) is 4.64. The highest BCUT2D eigenvalue weighted by Gasteiger charge is 2.22. The molecule has 2 atom stereocenters. The summed E-state index contributed by atoms with van der Waals surface area (Å²) >= 11 is 0. The Morgan fingerprint density at radius 1 is 1.41 bits per heavy atom. The summed E-state index contributed by atoms with van der Waals surface area (Å²) in [6.07, 6.45) is 0.879. The molecule has 17 heavy (non-hydrogen) atoms. The van der Waals surface area contributed by atoms with Gasteiger partial charge in [-0.2, -0.15) is 0 Å². The van der Waals surface area contributed by atoms with E-state index in [4.69, 9.17) is 10.8 Å². The first kappa shape index (κ1) is 13.7. The van der Waals surface area contributed by atoms with Crippen LogP contribution >= 0.6 is 0 Å². The van der Waals surface area contributed by atoms with E-state index in [1.165, 1.54) is 5.56 Å². The van der Waals surface area contributed by atoms with E-state index in [-0.39, 0.29) is 18.4 Å². The number of hydrogen-bond donors (Lipinski definition) is 2. The van der Waals surface area contributed by atoms with E-state index in [0.29, 0.717) is 0 Å². The van der Waals surface area contributed by atoms with Crippen LogP contribution in [-0.2, 0) is 4.79 Å². The van der Waals surface area contributed by atoms with Crippen LogP contribution in [0.25, 0.3) is 0 Å². The Morgan fingerprint density at radius 2 is 2.06 bits per heavy atom. The Kier molecular flexibility index (Phi) is 4.70. The minimum atomic E-state index is -0.793. The molecule has 1 aromatic rings. The van der Waals surface area contributed by atoms with Crippen molar-refractivity contribution in [3.8, 4) is 0 Å². The van der Waals surface area contributed by atoms with Crippen LogP contribution in [-0.4, -0.2) is 17.1 Å². The van der Waals surface area contributed by atoms with Gasteiger partial charge in [0.05, 0.1) is 6.42 Å². The summed E-state index contributed by atoms with van der Waals surface area (Å²) in [5, 5.41) is 8.98. The normalized spacial score (nSPS) is 14.4. The molecule has 94 valence electrons. The summed E-state index contributed by atoms with van der Waals surface area (Å²) in [5.74, 6) is -0.892. The first-order valence-electron chi connectivity index (χ1n) is 6.00. The summed E-state index contributed by atoms with van der Waals surface area (Å²) in [6.45, 7) is 6.03. The molecule has 1 aromatic carbocycles. The van der Waals surface area contributed by atoms with E-state index in [0.717, 1.165) is 17.5 Å². The van der Waals surface area contributed by atoms with Crippen molar-refractivity contribution in [2.45, 2.75) is 45.6 Å². The Balaban J connectivity index is 3.07. The smallest absolute Gasteiger partial charge is 0.304 e. The maximum absolute atomic E-state index is 10.9.